The third kappa shape index (κ3) is 3.39. The van der Waals surface area contributed by atoms with E-state index in [1.807, 2.05) is 4.52 Å². The van der Waals surface area contributed by atoms with Crippen LogP contribution in [0.15, 0.2) is 42.6 Å². The molecule has 1 atom stereocenters. The predicted octanol–water partition coefficient (Wildman–Crippen LogP) is 3.31. The molecule has 1 aromatic carbocycles. The first-order valence-electron chi connectivity index (χ1n) is 11.9. The number of hydrogen-bond acceptors (Lipinski definition) is 6. The number of ether oxygens (including phenoxy) is 2. The maximum absolute atomic E-state index is 10.8. The quantitative estimate of drug-likeness (QED) is 0.576. The minimum absolute atomic E-state index is 0.120. The van der Waals surface area contributed by atoms with Gasteiger partial charge in [-0.25, -0.2) is 14.3 Å². The maximum atomic E-state index is 10.8. The molecule has 0 radical (unpaired) electrons. The van der Waals surface area contributed by atoms with Crippen molar-refractivity contribution in [2.75, 3.05) is 37.8 Å². The lowest BCUT2D eigenvalue weighted by molar-refractivity contribution is -0.144. The van der Waals surface area contributed by atoms with Gasteiger partial charge in [-0.3, -0.25) is 0 Å². The van der Waals surface area contributed by atoms with E-state index in [0.717, 1.165) is 55.1 Å². The van der Waals surface area contributed by atoms with E-state index in [1.165, 1.54) is 5.56 Å². The van der Waals surface area contributed by atoms with Crippen LogP contribution in [0, 0.1) is 12.3 Å². The summed E-state index contributed by atoms with van der Waals surface area (Å²) in [6.45, 7) is 7.08. The average Bonchev–Trinajstić information content (AvgIpc) is 3.55. The number of pyridine rings is 1. The first-order chi connectivity index (χ1) is 16.3. The lowest BCUT2D eigenvalue weighted by Crippen LogP contribution is -2.45. The van der Waals surface area contributed by atoms with Crippen LogP contribution < -0.4 is 4.90 Å². The van der Waals surface area contributed by atoms with Gasteiger partial charge in [0, 0.05) is 23.9 Å². The Morgan fingerprint density at radius 1 is 1.26 bits per heavy atom. The molecule has 8 heteroatoms. The van der Waals surface area contributed by atoms with Crippen molar-refractivity contribution in [3.63, 3.8) is 0 Å². The zero-order valence-corrected chi connectivity index (χ0v) is 19.7. The van der Waals surface area contributed by atoms with Gasteiger partial charge in [-0.05, 0) is 43.4 Å². The molecule has 4 aliphatic rings. The second-order valence-electron chi connectivity index (χ2n) is 10.7. The molecule has 1 aliphatic carbocycles. The van der Waals surface area contributed by atoms with Crippen LogP contribution in [0.5, 0.6) is 0 Å². The van der Waals surface area contributed by atoms with Gasteiger partial charge < -0.3 is 19.5 Å². The van der Waals surface area contributed by atoms with E-state index in [1.54, 1.807) is 0 Å². The molecule has 34 heavy (non-hydrogen) atoms. The summed E-state index contributed by atoms with van der Waals surface area (Å²) in [5.74, 6) is -0.231. The molecular weight excluding hydrogens is 432 g/mol. The van der Waals surface area contributed by atoms with Crippen LogP contribution in [0.1, 0.15) is 43.1 Å². The highest BCUT2D eigenvalue weighted by Crippen LogP contribution is 2.62. The van der Waals surface area contributed by atoms with E-state index in [-0.39, 0.29) is 17.4 Å². The van der Waals surface area contributed by atoms with E-state index < -0.39 is 11.6 Å². The van der Waals surface area contributed by atoms with Crippen LogP contribution in [0.3, 0.4) is 0 Å². The highest BCUT2D eigenvalue weighted by Gasteiger charge is 2.65. The van der Waals surface area contributed by atoms with Gasteiger partial charge in [-0.15, -0.1) is 5.10 Å². The Balaban J connectivity index is 1.22. The van der Waals surface area contributed by atoms with Crippen molar-refractivity contribution < 1.29 is 19.4 Å². The lowest BCUT2D eigenvalue weighted by Gasteiger charge is -2.42. The second kappa shape index (κ2) is 7.52. The van der Waals surface area contributed by atoms with Crippen molar-refractivity contribution in [3.8, 4) is 0 Å². The fourth-order valence-electron chi connectivity index (χ4n) is 6.13. The van der Waals surface area contributed by atoms with Crippen molar-refractivity contribution >= 4 is 17.3 Å². The van der Waals surface area contributed by atoms with Gasteiger partial charge in [-0.2, -0.15) is 0 Å². The molecule has 2 aromatic heterocycles. The fraction of sp³-hybridized carbons (Fsp3) is 0.500. The predicted molar refractivity (Wildman–Crippen MR) is 126 cm³/mol. The van der Waals surface area contributed by atoms with Gasteiger partial charge in [-0.1, -0.05) is 37.3 Å². The number of benzene rings is 1. The Kier molecular flexibility index (Phi) is 4.76. The van der Waals surface area contributed by atoms with Crippen LogP contribution >= 0.6 is 0 Å². The Hall–Kier alpha value is -2.97. The first-order valence-corrected chi connectivity index (χ1v) is 11.9. The average molecular weight is 463 g/mol. The molecule has 0 amide bonds. The molecule has 0 unspecified atom stereocenters. The Morgan fingerprint density at radius 3 is 2.82 bits per heavy atom. The number of carbonyl (C=O) groups is 1. The largest absolute Gasteiger partial charge is 0.480 e. The number of aryl methyl sites for hydroxylation is 1. The number of rotatable bonds is 7. The summed E-state index contributed by atoms with van der Waals surface area (Å²) in [6.07, 6.45) is 4.73. The molecule has 1 N–H and O–H groups in total. The van der Waals surface area contributed by atoms with Crippen LogP contribution in [-0.2, 0) is 25.3 Å². The van der Waals surface area contributed by atoms with Gasteiger partial charge in [0.15, 0.2) is 11.5 Å². The number of aromatic nitrogens is 3. The number of anilines is 1. The Bertz CT molecular complexity index is 1250. The number of fused-ring (bicyclic) bond motifs is 2. The van der Waals surface area contributed by atoms with E-state index in [0.29, 0.717) is 13.2 Å². The van der Waals surface area contributed by atoms with Gasteiger partial charge in [0.1, 0.15) is 12.2 Å². The van der Waals surface area contributed by atoms with Crippen LogP contribution in [0.2, 0.25) is 0 Å². The minimum atomic E-state index is -0.948. The van der Waals surface area contributed by atoms with Crippen LogP contribution in [0.4, 0.5) is 5.69 Å². The monoisotopic (exact) mass is 462 g/mol. The standard InChI is InChI=1S/C26H30N4O4/c1-18-10-20(29-9-8-24(2,15-29)19-6-4-3-5-7-19)11-30-22(18)27-23(28-30)26-13-25(14-26,17-34-26)16-33-12-21(31)32/h3-7,10-11H,8-9,12-17H2,1-2H3,(H,31,32)/t24-,25?,26?/m0/s1. The molecule has 8 nitrogen and oxygen atoms in total. The second-order valence-corrected chi connectivity index (χ2v) is 10.7. The van der Waals surface area contributed by atoms with Gasteiger partial charge in [0.2, 0.25) is 0 Å². The van der Waals surface area contributed by atoms with Gasteiger partial charge >= 0.3 is 5.97 Å². The summed E-state index contributed by atoms with van der Waals surface area (Å²) >= 11 is 0. The van der Waals surface area contributed by atoms with E-state index >= 15 is 0 Å². The third-order valence-electron chi connectivity index (χ3n) is 7.93. The normalized spacial score (nSPS) is 30.1. The summed E-state index contributed by atoms with van der Waals surface area (Å²) in [6, 6.07) is 13.0. The number of carboxylic acids is 1. The highest BCUT2D eigenvalue weighted by molar-refractivity contribution is 5.68. The molecule has 1 saturated carbocycles. The molecule has 178 valence electrons. The van der Waals surface area contributed by atoms with Gasteiger partial charge in [0.05, 0.1) is 25.1 Å². The van der Waals surface area contributed by atoms with Crippen molar-refractivity contribution in [1.82, 2.24) is 14.6 Å². The van der Waals surface area contributed by atoms with E-state index in [9.17, 15) is 4.79 Å². The molecule has 2 bridgehead atoms. The van der Waals surface area contributed by atoms with E-state index in [4.69, 9.17) is 24.7 Å². The zero-order valence-electron chi connectivity index (χ0n) is 19.7. The van der Waals surface area contributed by atoms with Crippen molar-refractivity contribution in [2.45, 2.75) is 44.1 Å². The molecule has 0 spiro atoms. The summed E-state index contributed by atoms with van der Waals surface area (Å²) in [4.78, 5) is 18.1. The Labute approximate surface area is 198 Å². The summed E-state index contributed by atoms with van der Waals surface area (Å²) in [7, 11) is 0. The minimum Gasteiger partial charge on any atom is -0.480 e. The number of hydrogen-bond donors (Lipinski definition) is 1. The number of carboxylic acid groups (broad SMARTS) is 1. The van der Waals surface area contributed by atoms with Gasteiger partial charge in [0.25, 0.3) is 0 Å². The molecular formula is C26H30N4O4. The topological polar surface area (TPSA) is 89.2 Å². The summed E-state index contributed by atoms with van der Waals surface area (Å²) < 4.78 is 13.4. The van der Waals surface area contributed by atoms with Crippen molar-refractivity contribution in [2.24, 2.45) is 5.41 Å². The summed E-state index contributed by atoms with van der Waals surface area (Å²) in [5.41, 5.74) is 4.02. The smallest absolute Gasteiger partial charge is 0.329 e. The van der Waals surface area contributed by atoms with Crippen LogP contribution in [0.25, 0.3) is 5.65 Å². The molecule has 3 saturated heterocycles. The molecule has 3 aromatic rings. The van der Waals surface area contributed by atoms with Crippen LogP contribution in [-0.4, -0.2) is 58.6 Å². The highest BCUT2D eigenvalue weighted by atomic mass is 16.5. The first kappa shape index (κ1) is 21.6. The molecule has 4 fully saturated rings. The number of nitrogens with zero attached hydrogens (tertiary/aromatic N) is 4. The molecule has 5 heterocycles. The van der Waals surface area contributed by atoms with E-state index in [2.05, 4.69) is 61.3 Å². The lowest BCUT2D eigenvalue weighted by atomic mass is 9.62. The molecule has 3 aliphatic heterocycles. The Morgan fingerprint density at radius 2 is 2.06 bits per heavy atom. The third-order valence-corrected chi connectivity index (χ3v) is 7.93. The fourth-order valence-corrected chi connectivity index (χ4v) is 6.13. The summed E-state index contributed by atoms with van der Waals surface area (Å²) in [5, 5.41) is 13.7. The van der Waals surface area contributed by atoms with Crippen molar-refractivity contribution in [1.29, 1.82) is 0 Å². The SMILES string of the molecule is Cc1cc(N2CC[C@](C)(c3ccccc3)C2)cn2nc(C34CC(COCC(=O)O)(CO3)C4)nc12. The number of aliphatic carboxylic acids is 1. The zero-order chi connectivity index (χ0) is 23.6. The maximum Gasteiger partial charge on any atom is 0.329 e. The molecule has 7 rings (SSSR count). The van der Waals surface area contributed by atoms with Crippen molar-refractivity contribution in [3.05, 3.63) is 59.5 Å².